The number of anilines is 1. The number of unbranched alkanes of at least 4 members (excludes halogenated alkanes) is 1. The van der Waals surface area contributed by atoms with Crippen LogP contribution in [0.1, 0.15) is 62.7 Å². The standard InChI is InChI=1S/C25H42ClN5O2/c1-18(2)33-24-16-23(28)22(26)15-21(24)25(32)29-20-7-13-31(14-8-20)17-19-5-11-30(12-6-19)10-4-3-9-27/h15-16,18-20H,3-14,17,27-28H2,1-2H3,(H,29,32). The molecule has 0 radical (unpaired) electrons. The Morgan fingerprint density at radius 1 is 1.12 bits per heavy atom. The molecule has 2 fully saturated rings. The zero-order valence-corrected chi connectivity index (χ0v) is 21.1. The number of hydrogen-bond acceptors (Lipinski definition) is 6. The molecular formula is C25H42ClN5O2. The SMILES string of the molecule is CC(C)Oc1cc(N)c(Cl)cc1C(=O)NC1CCN(CC2CCN(CCCCN)CC2)CC1. The molecule has 186 valence electrons. The fourth-order valence-corrected chi connectivity index (χ4v) is 5.02. The van der Waals surface area contributed by atoms with Crippen molar-refractivity contribution in [1.29, 1.82) is 0 Å². The van der Waals surface area contributed by atoms with Crippen molar-refractivity contribution in [3.63, 3.8) is 0 Å². The zero-order chi connectivity index (χ0) is 23.8. The van der Waals surface area contributed by atoms with Crippen LogP contribution in [-0.4, -0.2) is 73.7 Å². The van der Waals surface area contributed by atoms with Crippen LogP contribution in [0.5, 0.6) is 5.75 Å². The number of benzene rings is 1. The van der Waals surface area contributed by atoms with Crippen molar-refractivity contribution in [1.82, 2.24) is 15.1 Å². The third kappa shape index (κ3) is 8.02. The van der Waals surface area contributed by atoms with E-state index in [1.807, 2.05) is 13.8 Å². The van der Waals surface area contributed by atoms with Crippen LogP contribution < -0.4 is 21.5 Å². The van der Waals surface area contributed by atoms with E-state index >= 15 is 0 Å². The Bertz CT molecular complexity index is 759. The molecule has 3 rings (SSSR count). The van der Waals surface area contributed by atoms with Crippen molar-refractivity contribution in [2.75, 3.05) is 51.5 Å². The molecule has 1 aromatic carbocycles. The predicted molar refractivity (Wildman–Crippen MR) is 136 cm³/mol. The topological polar surface area (TPSA) is 96.8 Å². The van der Waals surface area contributed by atoms with E-state index in [1.165, 1.54) is 45.4 Å². The van der Waals surface area contributed by atoms with Crippen molar-refractivity contribution in [3.05, 3.63) is 22.7 Å². The molecule has 1 aromatic rings. The average molecular weight is 480 g/mol. The van der Waals surface area contributed by atoms with Crippen LogP contribution in [0.25, 0.3) is 0 Å². The van der Waals surface area contributed by atoms with Crippen LogP contribution in [0, 0.1) is 5.92 Å². The Balaban J connectivity index is 1.43. The molecule has 7 nitrogen and oxygen atoms in total. The summed E-state index contributed by atoms with van der Waals surface area (Å²) in [4.78, 5) is 18.2. The number of nitrogens with two attached hydrogens (primary N) is 2. The Kier molecular flexibility index (Phi) is 10.1. The number of carbonyl (C=O) groups is 1. The maximum absolute atomic E-state index is 13.0. The minimum atomic E-state index is -0.145. The van der Waals surface area contributed by atoms with E-state index in [4.69, 9.17) is 27.8 Å². The maximum atomic E-state index is 13.0. The van der Waals surface area contributed by atoms with Crippen molar-refractivity contribution >= 4 is 23.2 Å². The number of amides is 1. The van der Waals surface area contributed by atoms with Gasteiger partial charge in [-0.1, -0.05) is 11.6 Å². The normalized spacial score (nSPS) is 19.2. The first kappa shape index (κ1) is 26.1. The summed E-state index contributed by atoms with van der Waals surface area (Å²) in [6.07, 6.45) is 6.79. The highest BCUT2D eigenvalue weighted by molar-refractivity contribution is 6.33. The number of nitrogens with one attached hydrogen (secondary N) is 1. The fourth-order valence-electron chi connectivity index (χ4n) is 4.86. The number of halogens is 1. The lowest BCUT2D eigenvalue weighted by Crippen LogP contribution is -2.47. The van der Waals surface area contributed by atoms with Gasteiger partial charge in [-0.25, -0.2) is 0 Å². The van der Waals surface area contributed by atoms with E-state index in [0.29, 0.717) is 22.0 Å². The van der Waals surface area contributed by atoms with Gasteiger partial charge in [-0.3, -0.25) is 4.79 Å². The van der Waals surface area contributed by atoms with Crippen molar-refractivity contribution < 1.29 is 9.53 Å². The lowest BCUT2D eigenvalue weighted by molar-refractivity contribution is 0.0885. The minimum absolute atomic E-state index is 0.0572. The summed E-state index contributed by atoms with van der Waals surface area (Å²) in [6, 6.07) is 3.42. The number of carbonyl (C=O) groups excluding carboxylic acids is 1. The van der Waals surface area contributed by atoms with E-state index in [-0.39, 0.29) is 18.1 Å². The quantitative estimate of drug-likeness (QED) is 0.351. The van der Waals surface area contributed by atoms with Crippen LogP contribution in [0.2, 0.25) is 5.02 Å². The summed E-state index contributed by atoms with van der Waals surface area (Å²) < 4.78 is 5.81. The Morgan fingerprint density at radius 3 is 2.42 bits per heavy atom. The van der Waals surface area contributed by atoms with Gasteiger partial charge in [0, 0.05) is 31.7 Å². The summed E-state index contributed by atoms with van der Waals surface area (Å²) in [5.41, 5.74) is 12.4. The largest absolute Gasteiger partial charge is 0.490 e. The molecule has 8 heteroatoms. The number of likely N-dealkylation sites (tertiary alicyclic amines) is 2. The third-order valence-corrected chi connectivity index (χ3v) is 7.11. The second-order valence-corrected chi connectivity index (χ2v) is 10.3. The first-order valence-electron chi connectivity index (χ1n) is 12.6. The second-order valence-electron chi connectivity index (χ2n) is 9.87. The average Bonchev–Trinajstić information content (AvgIpc) is 2.78. The van der Waals surface area contributed by atoms with Gasteiger partial charge in [-0.15, -0.1) is 0 Å². The van der Waals surface area contributed by atoms with Crippen LogP contribution >= 0.6 is 11.6 Å². The maximum Gasteiger partial charge on any atom is 0.255 e. The smallest absolute Gasteiger partial charge is 0.255 e. The predicted octanol–water partition coefficient (Wildman–Crippen LogP) is 3.35. The highest BCUT2D eigenvalue weighted by Gasteiger charge is 2.26. The molecule has 2 aliphatic rings. The second kappa shape index (κ2) is 12.8. The van der Waals surface area contributed by atoms with Crippen LogP contribution in [-0.2, 0) is 0 Å². The van der Waals surface area contributed by atoms with Crippen molar-refractivity contribution in [2.24, 2.45) is 11.7 Å². The van der Waals surface area contributed by atoms with Crippen LogP contribution in [0.15, 0.2) is 12.1 Å². The van der Waals surface area contributed by atoms with E-state index in [9.17, 15) is 4.79 Å². The molecule has 0 atom stereocenters. The van der Waals surface area contributed by atoms with E-state index in [2.05, 4.69) is 15.1 Å². The summed E-state index contributed by atoms with van der Waals surface area (Å²) in [7, 11) is 0. The van der Waals surface area contributed by atoms with Gasteiger partial charge in [0.15, 0.2) is 0 Å². The van der Waals surface area contributed by atoms with Gasteiger partial charge in [0.2, 0.25) is 0 Å². The molecule has 0 aliphatic carbocycles. The van der Waals surface area contributed by atoms with Gasteiger partial charge in [0.05, 0.1) is 22.4 Å². The Labute approximate surface area is 204 Å². The molecule has 0 spiro atoms. The van der Waals surface area contributed by atoms with Crippen molar-refractivity contribution in [2.45, 2.75) is 64.5 Å². The van der Waals surface area contributed by atoms with E-state index in [1.54, 1.807) is 12.1 Å². The molecule has 0 unspecified atom stereocenters. The summed E-state index contributed by atoms with van der Waals surface area (Å²) in [5.74, 6) is 1.12. The molecule has 0 aromatic heterocycles. The van der Waals surface area contributed by atoms with Gasteiger partial charge in [0.25, 0.3) is 5.91 Å². The van der Waals surface area contributed by atoms with E-state index in [0.717, 1.165) is 44.8 Å². The Morgan fingerprint density at radius 2 is 1.79 bits per heavy atom. The van der Waals surface area contributed by atoms with Crippen LogP contribution in [0.4, 0.5) is 5.69 Å². The first-order valence-corrected chi connectivity index (χ1v) is 12.9. The minimum Gasteiger partial charge on any atom is -0.490 e. The van der Waals surface area contributed by atoms with E-state index < -0.39 is 0 Å². The van der Waals surface area contributed by atoms with Gasteiger partial charge in [-0.05, 0) is 90.5 Å². The molecule has 2 saturated heterocycles. The molecule has 5 N–H and O–H groups in total. The monoisotopic (exact) mass is 479 g/mol. The molecule has 2 heterocycles. The molecule has 33 heavy (non-hydrogen) atoms. The fraction of sp³-hybridized carbons (Fsp3) is 0.720. The molecule has 0 saturated carbocycles. The van der Waals surface area contributed by atoms with Crippen molar-refractivity contribution in [3.8, 4) is 5.75 Å². The summed E-state index contributed by atoms with van der Waals surface area (Å²) >= 11 is 6.19. The first-order chi connectivity index (χ1) is 15.9. The lowest BCUT2D eigenvalue weighted by atomic mass is 9.94. The third-order valence-electron chi connectivity index (χ3n) is 6.78. The molecule has 2 aliphatic heterocycles. The lowest BCUT2D eigenvalue weighted by Gasteiger charge is -2.38. The highest BCUT2D eigenvalue weighted by Crippen LogP contribution is 2.30. The number of hydrogen-bond donors (Lipinski definition) is 3. The van der Waals surface area contributed by atoms with Crippen LogP contribution in [0.3, 0.4) is 0 Å². The number of piperidine rings is 2. The molecular weight excluding hydrogens is 438 g/mol. The number of nitrogen functional groups attached to an aromatic ring is 1. The van der Waals surface area contributed by atoms with Gasteiger partial charge >= 0.3 is 0 Å². The molecule has 1 amide bonds. The highest BCUT2D eigenvalue weighted by atomic mass is 35.5. The number of nitrogens with zero attached hydrogens (tertiary/aromatic N) is 2. The Hall–Kier alpha value is -1.54. The van der Waals surface area contributed by atoms with Gasteiger partial charge in [-0.2, -0.15) is 0 Å². The summed E-state index contributed by atoms with van der Waals surface area (Å²) in [5, 5.41) is 3.56. The van der Waals surface area contributed by atoms with Gasteiger partial charge < -0.3 is 31.3 Å². The van der Waals surface area contributed by atoms with Gasteiger partial charge in [0.1, 0.15) is 5.75 Å². The summed E-state index contributed by atoms with van der Waals surface area (Å²) in [6.45, 7) is 11.5. The number of rotatable bonds is 10. The molecule has 0 bridgehead atoms. The zero-order valence-electron chi connectivity index (χ0n) is 20.3. The number of ether oxygens (including phenoxy) is 1.